The number of allylic oxidation sites excluding steroid dienone is 2. The molecule has 0 heterocycles. The Labute approximate surface area is 92.9 Å². The first-order valence-electron chi connectivity index (χ1n) is 6.26. The smallest absolute Gasteiger partial charge is 0.120 e. The molecule has 0 saturated heterocycles. The summed E-state index contributed by atoms with van der Waals surface area (Å²) < 4.78 is 0. The van der Waals surface area contributed by atoms with Gasteiger partial charge in [0.1, 0.15) is 6.29 Å². The van der Waals surface area contributed by atoms with Gasteiger partial charge in [0.15, 0.2) is 0 Å². The van der Waals surface area contributed by atoms with Gasteiger partial charge < -0.3 is 4.79 Å². The van der Waals surface area contributed by atoms with Gasteiger partial charge in [-0.2, -0.15) is 0 Å². The topological polar surface area (TPSA) is 17.1 Å². The minimum Gasteiger partial charge on any atom is -0.303 e. The quantitative estimate of drug-likeness (QED) is 0.390. The monoisotopic (exact) mass is 206 g/mol. The number of aldehydes is 1. The minimum atomic E-state index is 0.501. The van der Waals surface area contributed by atoms with Gasteiger partial charge in [-0.3, -0.25) is 0 Å². The number of hydrogen-bond donors (Lipinski definition) is 0. The van der Waals surface area contributed by atoms with Crippen LogP contribution in [-0.2, 0) is 4.79 Å². The number of unbranched alkanes of at least 4 members (excludes halogenated alkanes) is 1. The van der Waals surface area contributed by atoms with Gasteiger partial charge in [-0.25, -0.2) is 0 Å². The zero-order valence-corrected chi connectivity index (χ0v) is 9.91. The average molecular weight is 206 g/mol. The van der Waals surface area contributed by atoms with Crippen LogP contribution >= 0.6 is 0 Å². The van der Waals surface area contributed by atoms with Crippen molar-refractivity contribution < 1.29 is 4.79 Å². The van der Waals surface area contributed by atoms with Crippen LogP contribution in [0.15, 0.2) is 12.2 Å². The van der Waals surface area contributed by atoms with Crippen LogP contribution in [0.4, 0.5) is 0 Å². The van der Waals surface area contributed by atoms with Crippen molar-refractivity contribution in [2.45, 2.75) is 46.0 Å². The largest absolute Gasteiger partial charge is 0.303 e. The molecule has 3 atom stereocenters. The van der Waals surface area contributed by atoms with Crippen LogP contribution in [0.1, 0.15) is 46.0 Å². The molecule has 1 nitrogen and oxygen atoms in total. The highest BCUT2D eigenvalue weighted by Gasteiger charge is 2.51. The second-order valence-corrected chi connectivity index (χ2v) is 5.79. The highest BCUT2D eigenvalue weighted by molar-refractivity contribution is 5.49. The van der Waals surface area contributed by atoms with Gasteiger partial charge in [-0.05, 0) is 48.9 Å². The molecule has 2 aliphatic carbocycles. The number of fused-ring (bicyclic) bond motifs is 2. The molecule has 2 saturated carbocycles. The van der Waals surface area contributed by atoms with Crippen LogP contribution in [0, 0.1) is 23.2 Å². The van der Waals surface area contributed by atoms with Crippen molar-refractivity contribution in [2.24, 2.45) is 23.2 Å². The first kappa shape index (κ1) is 10.9. The average Bonchev–Trinajstić information content (AvgIpc) is 2.73. The fraction of sp³-hybridized carbons (Fsp3) is 0.786. The fourth-order valence-corrected chi connectivity index (χ4v) is 3.71. The molecule has 84 valence electrons. The summed E-state index contributed by atoms with van der Waals surface area (Å²) in [6.45, 7) is 4.84. The van der Waals surface area contributed by atoms with Gasteiger partial charge >= 0.3 is 0 Å². The Morgan fingerprint density at radius 2 is 2.07 bits per heavy atom. The summed E-state index contributed by atoms with van der Waals surface area (Å²) in [5.74, 6) is 2.64. The molecule has 0 amide bonds. The van der Waals surface area contributed by atoms with E-state index in [1.54, 1.807) is 0 Å². The summed E-state index contributed by atoms with van der Waals surface area (Å²) in [5.41, 5.74) is 0.501. The van der Waals surface area contributed by atoms with Crippen LogP contribution in [-0.4, -0.2) is 6.29 Å². The van der Waals surface area contributed by atoms with E-state index >= 15 is 0 Å². The Bertz CT molecular complexity index is 265. The Morgan fingerprint density at radius 3 is 2.67 bits per heavy atom. The zero-order valence-electron chi connectivity index (χ0n) is 9.91. The van der Waals surface area contributed by atoms with Gasteiger partial charge in [-0.1, -0.05) is 26.0 Å². The summed E-state index contributed by atoms with van der Waals surface area (Å²) in [5, 5.41) is 0. The van der Waals surface area contributed by atoms with E-state index in [-0.39, 0.29) is 0 Å². The van der Waals surface area contributed by atoms with Crippen molar-refractivity contribution in [3.05, 3.63) is 12.2 Å². The maximum atomic E-state index is 10.2. The summed E-state index contributed by atoms with van der Waals surface area (Å²) in [4.78, 5) is 10.2. The van der Waals surface area contributed by atoms with E-state index in [4.69, 9.17) is 0 Å². The molecule has 2 aliphatic rings. The van der Waals surface area contributed by atoms with Crippen molar-refractivity contribution in [3.63, 3.8) is 0 Å². The highest BCUT2D eigenvalue weighted by Crippen LogP contribution is 2.59. The van der Waals surface area contributed by atoms with Crippen LogP contribution in [0.3, 0.4) is 0 Å². The van der Waals surface area contributed by atoms with Crippen LogP contribution in [0.5, 0.6) is 0 Å². The number of carbonyl (C=O) groups excluding carboxylic acids is 1. The van der Waals surface area contributed by atoms with Crippen molar-refractivity contribution >= 4 is 6.29 Å². The summed E-state index contributed by atoms with van der Waals surface area (Å²) in [7, 11) is 0. The van der Waals surface area contributed by atoms with Crippen LogP contribution < -0.4 is 0 Å². The molecule has 1 heteroatoms. The number of hydrogen-bond acceptors (Lipinski definition) is 1. The summed E-state index contributed by atoms with van der Waals surface area (Å²) in [6.07, 6.45) is 11.5. The third-order valence-corrected chi connectivity index (χ3v) is 4.69. The second kappa shape index (κ2) is 4.11. The summed E-state index contributed by atoms with van der Waals surface area (Å²) in [6, 6.07) is 0. The lowest BCUT2D eigenvalue weighted by molar-refractivity contribution is -0.107. The molecule has 0 aromatic heterocycles. The van der Waals surface area contributed by atoms with Gasteiger partial charge in [0, 0.05) is 6.42 Å². The normalized spacial score (nSPS) is 37.6. The van der Waals surface area contributed by atoms with E-state index < -0.39 is 0 Å². The maximum Gasteiger partial charge on any atom is 0.120 e. The molecular formula is C14H22O. The molecule has 3 unspecified atom stereocenters. The molecule has 0 aliphatic heterocycles. The second-order valence-electron chi connectivity index (χ2n) is 5.79. The predicted molar refractivity (Wildman–Crippen MR) is 62.5 cm³/mol. The van der Waals surface area contributed by atoms with Gasteiger partial charge in [0.2, 0.25) is 0 Å². The van der Waals surface area contributed by atoms with Gasteiger partial charge in [0.25, 0.3) is 0 Å². The summed E-state index contributed by atoms with van der Waals surface area (Å²) >= 11 is 0. The molecule has 0 N–H and O–H groups in total. The maximum absolute atomic E-state index is 10.2. The third kappa shape index (κ3) is 1.89. The first-order valence-corrected chi connectivity index (χ1v) is 6.26. The molecule has 2 fully saturated rings. The standard InChI is InChI=1S/C14H22O/c1-14(2)12-8-7-11(10-12)13(14)6-4-3-5-9-15/h4,6,9,11-13H,3,5,7-8,10H2,1-2H3. The van der Waals surface area contributed by atoms with E-state index in [9.17, 15) is 4.79 Å². The van der Waals surface area contributed by atoms with Crippen molar-refractivity contribution in [3.8, 4) is 0 Å². The van der Waals surface area contributed by atoms with E-state index in [1.807, 2.05) is 0 Å². The van der Waals surface area contributed by atoms with Gasteiger partial charge in [-0.15, -0.1) is 0 Å². The number of carbonyl (C=O) groups is 1. The zero-order chi connectivity index (χ0) is 10.9. The fourth-order valence-electron chi connectivity index (χ4n) is 3.71. The molecule has 15 heavy (non-hydrogen) atoms. The lowest BCUT2D eigenvalue weighted by Gasteiger charge is -2.36. The van der Waals surface area contributed by atoms with Crippen molar-refractivity contribution in [1.29, 1.82) is 0 Å². The lowest BCUT2D eigenvalue weighted by Crippen LogP contribution is -2.29. The molecular weight excluding hydrogens is 184 g/mol. The molecule has 0 aromatic rings. The van der Waals surface area contributed by atoms with Gasteiger partial charge in [0.05, 0.1) is 0 Å². The van der Waals surface area contributed by atoms with Crippen molar-refractivity contribution in [1.82, 2.24) is 0 Å². The Kier molecular flexibility index (Phi) is 2.99. The Morgan fingerprint density at radius 1 is 1.27 bits per heavy atom. The van der Waals surface area contributed by atoms with E-state index in [0.29, 0.717) is 11.8 Å². The predicted octanol–water partition coefficient (Wildman–Crippen LogP) is 3.59. The van der Waals surface area contributed by atoms with Crippen LogP contribution in [0.25, 0.3) is 0 Å². The molecule has 0 radical (unpaired) electrons. The van der Waals surface area contributed by atoms with E-state index in [1.165, 1.54) is 19.3 Å². The molecule has 2 bridgehead atoms. The minimum absolute atomic E-state index is 0.501. The molecule has 2 rings (SSSR count). The number of rotatable bonds is 4. The van der Waals surface area contributed by atoms with E-state index in [2.05, 4.69) is 26.0 Å². The third-order valence-electron chi connectivity index (χ3n) is 4.69. The highest BCUT2D eigenvalue weighted by atomic mass is 16.1. The van der Waals surface area contributed by atoms with E-state index in [0.717, 1.165) is 30.5 Å². The van der Waals surface area contributed by atoms with Crippen LogP contribution in [0.2, 0.25) is 0 Å². The molecule has 0 spiro atoms. The Hall–Kier alpha value is -0.590. The first-order chi connectivity index (χ1) is 7.16. The lowest BCUT2D eigenvalue weighted by atomic mass is 9.68. The SMILES string of the molecule is CC1(C)C2CCC(C2)C1C=CCCC=O. The van der Waals surface area contributed by atoms with Crippen molar-refractivity contribution in [2.75, 3.05) is 0 Å². The Balaban J connectivity index is 1.97. The molecule has 0 aromatic carbocycles.